The van der Waals surface area contributed by atoms with Crippen molar-refractivity contribution in [2.75, 3.05) is 0 Å². The molecule has 0 bridgehead atoms. The third-order valence-corrected chi connectivity index (χ3v) is 4.68. The summed E-state index contributed by atoms with van der Waals surface area (Å²) >= 11 is 0. The van der Waals surface area contributed by atoms with E-state index in [1.807, 2.05) is 80.6 Å². The van der Waals surface area contributed by atoms with Crippen molar-refractivity contribution in [1.82, 2.24) is 25.6 Å². The monoisotopic (exact) mass is 440 g/mol. The Morgan fingerprint density at radius 1 is 1.03 bits per heavy atom. The summed E-state index contributed by atoms with van der Waals surface area (Å²) in [6, 6.07) is 24.4. The molecular weight excluding hydrogens is 416 g/mol. The minimum absolute atomic E-state index is 0.0466. The van der Waals surface area contributed by atoms with Gasteiger partial charge in [-0.2, -0.15) is 9.90 Å². The molecule has 0 aliphatic heterocycles. The number of rotatable bonds is 8. The molecule has 8 heteroatoms. The fourth-order valence-electron chi connectivity index (χ4n) is 3.11. The molecule has 4 rings (SSSR count). The number of carbonyl (C=O) groups excluding carboxylic acids is 1. The summed E-state index contributed by atoms with van der Waals surface area (Å²) in [5.41, 5.74) is 5.70. The van der Waals surface area contributed by atoms with Crippen molar-refractivity contribution in [3.05, 3.63) is 95.6 Å². The Balaban J connectivity index is 1.35. The Kier molecular flexibility index (Phi) is 6.84. The lowest BCUT2D eigenvalue weighted by atomic mass is 10.1. The van der Waals surface area contributed by atoms with Gasteiger partial charge in [-0.1, -0.05) is 54.6 Å². The Bertz CT molecular complexity index is 1230. The molecule has 3 aromatic carbocycles. The topological polar surface area (TPSA) is 94.3 Å². The first-order valence-electron chi connectivity index (χ1n) is 10.6. The van der Waals surface area contributed by atoms with E-state index in [1.165, 1.54) is 4.80 Å². The second kappa shape index (κ2) is 10.3. The number of hydrazone groups is 1. The average Bonchev–Trinajstić information content (AvgIpc) is 3.29. The molecule has 1 N–H and O–H groups in total. The van der Waals surface area contributed by atoms with Gasteiger partial charge in [0.25, 0.3) is 5.91 Å². The van der Waals surface area contributed by atoms with E-state index in [2.05, 4.69) is 25.9 Å². The van der Waals surface area contributed by atoms with Gasteiger partial charge in [0.2, 0.25) is 5.82 Å². The zero-order valence-corrected chi connectivity index (χ0v) is 18.4. The third kappa shape index (κ3) is 5.88. The highest BCUT2D eigenvalue weighted by Gasteiger charge is 2.08. The molecule has 0 unspecified atom stereocenters. The number of nitrogens with one attached hydrogen (secondary N) is 1. The predicted octanol–water partition coefficient (Wildman–Crippen LogP) is 3.94. The van der Waals surface area contributed by atoms with Gasteiger partial charge in [0.15, 0.2) is 0 Å². The molecule has 0 atom stereocenters. The first-order chi connectivity index (χ1) is 16.1. The van der Waals surface area contributed by atoms with Crippen LogP contribution in [0.2, 0.25) is 0 Å². The summed E-state index contributed by atoms with van der Waals surface area (Å²) in [4.78, 5) is 14.0. The van der Waals surface area contributed by atoms with Crippen LogP contribution in [0.15, 0.2) is 84.0 Å². The minimum atomic E-state index is -0.301. The maximum atomic E-state index is 12.4. The summed E-state index contributed by atoms with van der Waals surface area (Å²) < 4.78 is 5.76. The summed E-state index contributed by atoms with van der Waals surface area (Å²) in [6.07, 6.45) is 1.62. The summed E-state index contributed by atoms with van der Waals surface area (Å²) in [5.74, 6) is 0.988. The van der Waals surface area contributed by atoms with Crippen LogP contribution in [0.5, 0.6) is 5.75 Å². The van der Waals surface area contributed by atoms with E-state index in [4.69, 9.17) is 4.74 Å². The standard InChI is InChI=1S/C25H24N6O2/c1-18(2)33-23-11-7-6-10-22(23)16-26-28-25(32)21-14-12-19(13-15-21)17-31-29-24(27-30-31)20-8-4-3-5-9-20/h3-16,18H,17H2,1-2H3,(H,28,32)/b26-16+. The molecule has 33 heavy (non-hydrogen) atoms. The lowest BCUT2D eigenvalue weighted by molar-refractivity contribution is 0.0955. The van der Waals surface area contributed by atoms with Gasteiger partial charge in [0.05, 0.1) is 18.9 Å². The van der Waals surface area contributed by atoms with Gasteiger partial charge in [0.1, 0.15) is 5.75 Å². The number of benzene rings is 3. The Hall–Kier alpha value is -4.33. The van der Waals surface area contributed by atoms with Gasteiger partial charge in [-0.25, -0.2) is 5.43 Å². The maximum absolute atomic E-state index is 12.4. The number of tetrazole rings is 1. The van der Waals surface area contributed by atoms with Crippen LogP contribution < -0.4 is 10.2 Å². The minimum Gasteiger partial charge on any atom is -0.490 e. The van der Waals surface area contributed by atoms with Gasteiger partial charge < -0.3 is 4.74 Å². The van der Waals surface area contributed by atoms with E-state index in [-0.39, 0.29) is 12.0 Å². The van der Waals surface area contributed by atoms with Crippen molar-refractivity contribution in [2.45, 2.75) is 26.5 Å². The normalized spacial score (nSPS) is 11.1. The van der Waals surface area contributed by atoms with Crippen LogP contribution >= 0.6 is 0 Å². The van der Waals surface area contributed by atoms with E-state index in [0.717, 1.165) is 16.7 Å². The molecule has 1 aromatic heterocycles. The van der Waals surface area contributed by atoms with Crippen molar-refractivity contribution >= 4 is 12.1 Å². The number of nitrogens with zero attached hydrogens (tertiary/aromatic N) is 5. The highest BCUT2D eigenvalue weighted by atomic mass is 16.5. The fourth-order valence-corrected chi connectivity index (χ4v) is 3.11. The molecule has 0 radical (unpaired) electrons. The van der Waals surface area contributed by atoms with Crippen molar-refractivity contribution in [1.29, 1.82) is 0 Å². The van der Waals surface area contributed by atoms with Gasteiger partial charge in [-0.05, 0) is 48.9 Å². The van der Waals surface area contributed by atoms with Crippen LogP contribution in [0.4, 0.5) is 0 Å². The number of ether oxygens (including phenoxy) is 1. The molecule has 8 nitrogen and oxygen atoms in total. The van der Waals surface area contributed by atoms with Crippen molar-refractivity contribution in [2.24, 2.45) is 5.10 Å². The molecule has 0 aliphatic rings. The van der Waals surface area contributed by atoms with E-state index in [9.17, 15) is 4.79 Å². The summed E-state index contributed by atoms with van der Waals surface area (Å²) in [5, 5.41) is 16.7. The van der Waals surface area contributed by atoms with E-state index >= 15 is 0 Å². The smallest absolute Gasteiger partial charge is 0.271 e. The van der Waals surface area contributed by atoms with Crippen molar-refractivity contribution in [3.63, 3.8) is 0 Å². The second-order valence-electron chi connectivity index (χ2n) is 7.61. The van der Waals surface area contributed by atoms with Crippen molar-refractivity contribution < 1.29 is 9.53 Å². The number of hydrogen-bond donors (Lipinski definition) is 1. The van der Waals surface area contributed by atoms with Crippen LogP contribution in [-0.4, -0.2) is 38.4 Å². The highest BCUT2D eigenvalue weighted by Crippen LogP contribution is 2.17. The zero-order chi connectivity index (χ0) is 23.0. The fraction of sp³-hybridized carbons (Fsp3) is 0.160. The van der Waals surface area contributed by atoms with Crippen LogP contribution in [-0.2, 0) is 6.54 Å². The number of carbonyl (C=O) groups is 1. The van der Waals surface area contributed by atoms with E-state index < -0.39 is 0 Å². The van der Waals surface area contributed by atoms with Crippen LogP contribution in [0.3, 0.4) is 0 Å². The molecule has 0 saturated carbocycles. The first-order valence-corrected chi connectivity index (χ1v) is 10.6. The van der Waals surface area contributed by atoms with Crippen LogP contribution in [0.25, 0.3) is 11.4 Å². The largest absolute Gasteiger partial charge is 0.490 e. The molecule has 1 amide bonds. The average molecular weight is 441 g/mol. The quantitative estimate of drug-likeness (QED) is 0.331. The summed E-state index contributed by atoms with van der Waals surface area (Å²) in [7, 11) is 0. The lowest BCUT2D eigenvalue weighted by Gasteiger charge is -2.11. The van der Waals surface area contributed by atoms with Crippen LogP contribution in [0, 0.1) is 0 Å². The molecule has 0 fully saturated rings. The zero-order valence-electron chi connectivity index (χ0n) is 18.4. The van der Waals surface area contributed by atoms with Gasteiger partial charge >= 0.3 is 0 Å². The molecule has 0 aliphatic carbocycles. The highest BCUT2D eigenvalue weighted by molar-refractivity contribution is 5.95. The van der Waals surface area contributed by atoms with Crippen LogP contribution in [0.1, 0.15) is 35.3 Å². The van der Waals surface area contributed by atoms with Gasteiger partial charge in [-0.15, -0.1) is 10.2 Å². The summed E-state index contributed by atoms with van der Waals surface area (Å²) in [6.45, 7) is 4.37. The molecule has 166 valence electrons. The Morgan fingerprint density at radius 2 is 1.76 bits per heavy atom. The molecule has 1 heterocycles. The molecular formula is C25H24N6O2. The van der Waals surface area contributed by atoms with Gasteiger partial charge in [0, 0.05) is 16.7 Å². The number of hydrogen-bond acceptors (Lipinski definition) is 6. The molecule has 0 spiro atoms. The Morgan fingerprint density at radius 3 is 2.52 bits per heavy atom. The first kappa shape index (κ1) is 21.9. The van der Waals surface area contributed by atoms with Crippen molar-refractivity contribution in [3.8, 4) is 17.1 Å². The number of para-hydroxylation sites is 1. The molecule has 4 aromatic rings. The number of amides is 1. The van der Waals surface area contributed by atoms with E-state index in [0.29, 0.717) is 23.7 Å². The van der Waals surface area contributed by atoms with Gasteiger partial charge in [-0.3, -0.25) is 4.79 Å². The van der Waals surface area contributed by atoms with E-state index in [1.54, 1.807) is 18.3 Å². The number of aromatic nitrogens is 4. The Labute approximate surface area is 191 Å². The lowest BCUT2D eigenvalue weighted by Crippen LogP contribution is -2.17. The third-order valence-electron chi connectivity index (χ3n) is 4.68. The second-order valence-corrected chi connectivity index (χ2v) is 7.61. The molecule has 0 saturated heterocycles. The SMILES string of the molecule is CC(C)Oc1ccccc1/C=N/NC(=O)c1ccc(Cn2nnc(-c3ccccc3)n2)cc1. The maximum Gasteiger partial charge on any atom is 0.271 e. The predicted molar refractivity (Wildman–Crippen MR) is 126 cm³/mol.